The van der Waals surface area contributed by atoms with Gasteiger partial charge in [-0.2, -0.15) is 0 Å². The number of carbonyl (C=O) groups excluding carboxylic acids is 1. The van der Waals surface area contributed by atoms with Gasteiger partial charge in [-0.1, -0.05) is 17.3 Å². The first-order valence-electron chi connectivity index (χ1n) is 8.48. The van der Waals surface area contributed by atoms with Crippen molar-refractivity contribution in [3.8, 4) is 11.3 Å². The molecule has 1 N–H and O–H groups in total. The van der Waals surface area contributed by atoms with Gasteiger partial charge in [0, 0.05) is 17.1 Å². The van der Waals surface area contributed by atoms with Gasteiger partial charge < -0.3 is 5.32 Å². The van der Waals surface area contributed by atoms with E-state index < -0.39 is 0 Å². The molecule has 0 atom stereocenters. The summed E-state index contributed by atoms with van der Waals surface area (Å²) >= 11 is 1.45. The molecule has 3 aromatic heterocycles. The number of amides is 1. The van der Waals surface area contributed by atoms with Crippen LogP contribution in [0.4, 0.5) is 10.2 Å². The molecule has 0 aliphatic rings. The van der Waals surface area contributed by atoms with Gasteiger partial charge in [0.05, 0.1) is 5.52 Å². The number of thiazole rings is 1. The van der Waals surface area contributed by atoms with Crippen molar-refractivity contribution >= 4 is 39.1 Å². The minimum absolute atomic E-state index is 0.0146. The van der Waals surface area contributed by atoms with Gasteiger partial charge in [-0.05, 0) is 36.4 Å². The fourth-order valence-electron chi connectivity index (χ4n) is 3.06. The zero-order valence-corrected chi connectivity index (χ0v) is 15.2. The van der Waals surface area contributed by atoms with Gasteiger partial charge in [-0.25, -0.2) is 14.1 Å². The first-order valence-corrected chi connectivity index (χ1v) is 9.36. The first kappa shape index (κ1) is 16.6. The first-order chi connectivity index (χ1) is 13.7. The fourth-order valence-corrected chi connectivity index (χ4v) is 3.77. The highest BCUT2D eigenvalue weighted by Gasteiger charge is 2.18. The highest BCUT2D eigenvalue weighted by Crippen LogP contribution is 2.30. The summed E-state index contributed by atoms with van der Waals surface area (Å²) in [6.07, 6.45) is 1.83. The van der Waals surface area contributed by atoms with Crippen LogP contribution in [0.3, 0.4) is 0 Å². The van der Waals surface area contributed by atoms with Crippen molar-refractivity contribution in [3.05, 3.63) is 65.9 Å². The molecule has 0 aliphatic heterocycles. The number of hydrogen-bond acceptors (Lipinski definition) is 5. The number of hydrogen-bond donors (Lipinski definition) is 1. The third-order valence-corrected chi connectivity index (χ3v) is 5.11. The maximum absolute atomic E-state index is 13.3. The third-order valence-electron chi connectivity index (χ3n) is 4.35. The highest BCUT2D eigenvalue weighted by atomic mass is 32.1. The van der Waals surface area contributed by atoms with Crippen LogP contribution in [0.15, 0.2) is 60.1 Å². The Morgan fingerprint density at radius 3 is 2.82 bits per heavy atom. The number of halogens is 1. The normalized spacial score (nSPS) is 11.3. The van der Waals surface area contributed by atoms with Crippen LogP contribution >= 0.6 is 11.3 Å². The van der Waals surface area contributed by atoms with E-state index in [1.165, 1.54) is 23.5 Å². The molecular weight excluding hydrogens is 379 g/mol. The highest BCUT2D eigenvalue weighted by molar-refractivity contribution is 7.15. The largest absolute Gasteiger partial charge is 0.308 e. The molecule has 5 aromatic rings. The Kier molecular flexibility index (Phi) is 3.87. The Morgan fingerprint density at radius 1 is 1.14 bits per heavy atom. The second-order valence-corrected chi connectivity index (χ2v) is 7.03. The van der Waals surface area contributed by atoms with Crippen LogP contribution in [-0.4, -0.2) is 30.3 Å². The van der Waals surface area contributed by atoms with E-state index in [2.05, 4.69) is 20.6 Å². The van der Waals surface area contributed by atoms with Crippen molar-refractivity contribution < 1.29 is 9.18 Å². The van der Waals surface area contributed by atoms with Crippen LogP contribution in [0.5, 0.6) is 0 Å². The number of nitrogens with zero attached hydrogens (tertiary/aromatic N) is 5. The second kappa shape index (κ2) is 6.54. The molecule has 0 radical (unpaired) electrons. The lowest BCUT2D eigenvalue weighted by Gasteiger charge is -2.07. The topological polar surface area (TPSA) is 77.1 Å². The molecule has 2 aromatic carbocycles. The van der Waals surface area contributed by atoms with Crippen LogP contribution in [0.1, 0.15) is 0 Å². The van der Waals surface area contributed by atoms with E-state index in [4.69, 9.17) is 0 Å². The summed E-state index contributed by atoms with van der Waals surface area (Å²) in [5.74, 6) is -0.0438. The van der Waals surface area contributed by atoms with E-state index in [-0.39, 0.29) is 18.3 Å². The summed E-state index contributed by atoms with van der Waals surface area (Å²) in [6.45, 7) is 0.0146. The van der Waals surface area contributed by atoms with Gasteiger partial charge in [0.2, 0.25) is 5.91 Å². The monoisotopic (exact) mass is 392 g/mol. The Labute approximate surface area is 162 Å². The van der Waals surface area contributed by atoms with Crippen molar-refractivity contribution in [2.45, 2.75) is 6.54 Å². The van der Waals surface area contributed by atoms with E-state index >= 15 is 0 Å². The SMILES string of the molecule is O=C(Cn1nnc2ccccc21)Nc1c(-c2ccc(F)cc2)nc2sccn12. The van der Waals surface area contributed by atoms with Crippen LogP contribution in [0.2, 0.25) is 0 Å². The summed E-state index contributed by atoms with van der Waals surface area (Å²) in [5.41, 5.74) is 2.82. The van der Waals surface area contributed by atoms with E-state index in [0.717, 1.165) is 21.6 Å². The molecule has 5 rings (SSSR count). The number of para-hydroxylation sites is 1. The molecule has 138 valence electrons. The molecule has 0 saturated heterocycles. The second-order valence-electron chi connectivity index (χ2n) is 6.16. The number of benzene rings is 2. The van der Waals surface area contributed by atoms with Crippen molar-refractivity contribution in [2.24, 2.45) is 0 Å². The van der Waals surface area contributed by atoms with Crippen LogP contribution in [0.25, 0.3) is 27.3 Å². The number of fused-ring (bicyclic) bond motifs is 2. The predicted octanol–water partition coefficient (Wildman–Crippen LogP) is 3.59. The number of imidazole rings is 1. The molecule has 0 bridgehead atoms. The lowest BCUT2D eigenvalue weighted by molar-refractivity contribution is -0.116. The van der Waals surface area contributed by atoms with Crippen molar-refractivity contribution in [1.82, 2.24) is 24.4 Å². The summed E-state index contributed by atoms with van der Waals surface area (Å²) < 4.78 is 16.6. The molecule has 3 heterocycles. The van der Waals surface area contributed by atoms with Gasteiger partial charge in [-0.3, -0.25) is 9.20 Å². The summed E-state index contributed by atoms with van der Waals surface area (Å²) in [7, 11) is 0. The van der Waals surface area contributed by atoms with Crippen molar-refractivity contribution in [2.75, 3.05) is 5.32 Å². The number of anilines is 1. The summed E-state index contributed by atoms with van der Waals surface area (Å²) in [6, 6.07) is 13.5. The number of aromatic nitrogens is 5. The minimum atomic E-state index is -0.326. The van der Waals surface area contributed by atoms with Crippen LogP contribution in [0, 0.1) is 5.82 Å². The Balaban J connectivity index is 1.48. The van der Waals surface area contributed by atoms with Crippen molar-refractivity contribution in [1.29, 1.82) is 0 Å². The maximum atomic E-state index is 13.3. The standard InChI is InChI=1S/C19H13FN6OS/c20-13-7-5-12(6-8-13)17-18(25-9-10-28-19(25)22-17)21-16(27)11-26-15-4-2-1-3-14(15)23-24-26/h1-10H,11H2,(H,21,27). The quantitative estimate of drug-likeness (QED) is 0.507. The van der Waals surface area contributed by atoms with Gasteiger partial charge in [-0.15, -0.1) is 16.4 Å². The van der Waals surface area contributed by atoms with Crippen LogP contribution < -0.4 is 5.32 Å². The Bertz CT molecular complexity index is 1300. The maximum Gasteiger partial charge on any atom is 0.247 e. The zero-order valence-electron chi connectivity index (χ0n) is 14.4. The lowest BCUT2D eigenvalue weighted by atomic mass is 10.1. The average Bonchev–Trinajstić information content (AvgIpc) is 3.39. The zero-order chi connectivity index (χ0) is 19.1. The number of rotatable bonds is 4. The number of nitrogens with one attached hydrogen (secondary N) is 1. The van der Waals surface area contributed by atoms with E-state index in [1.807, 2.05) is 35.8 Å². The Morgan fingerprint density at radius 2 is 1.96 bits per heavy atom. The third kappa shape index (κ3) is 2.81. The molecule has 28 heavy (non-hydrogen) atoms. The summed E-state index contributed by atoms with van der Waals surface area (Å²) in [5, 5.41) is 12.9. The molecule has 7 nitrogen and oxygen atoms in total. The molecule has 0 fully saturated rings. The molecule has 0 saturated carbocycles. The molecule has 0 unspecified atom stereocenters. The smallest absolute Gasteiger partial charge is 0.247 e. The summed E-state index contributed by atoms with van der Waals surface area (Å²) in [4.78, 5) is 18.0. The van der Waals surface area contributed by atoms with E-state index in [0.29, 0.717) is 11.5 Å². The minimum Gasteiger partial charge on any atom is -0.308 e. The molecule has 1 amide bonds. The van der Waals surface area contributed by atoms with E-state index in [9.17, 15) is 9.18 Å². The average molecular weight is 392 g/mol. The van der Waals surface area contributed by atoms with Crippen LogP contribution in [-0.2, 0) is 11.3 Å². The Hall–Kier alpha value is -3.59. The van der Waals surface area contributed by atoms with Crippen molar-refractivity contribution in [3.63, 3.8) is 0 Å². The molecule has 9 heteroatoms. The van der Waals surface area contributed by atoms with Gasteiger partial charge in [0.25, 0.3) is 0 Å². The fraction of sp³-hybridized carbons (Fsp3) is 0.0526. The number of carbonyl (C=O) groups is 1. The molecule has 0 spiro atoms. The molecular formula is C19H13FN6OS. The van der Waals surface area contributed by atoms with Gasteiger partial charge in [0.1, 0.15) is 29.4 Å². The van der Waals surface area contributed by atoms with Gasteiger partial charge >= 0.3 is 0 Å². The predicted molar refractivity (Wildman–Crippen MR) is 105 cm³/mol. The molecule has 0 aliphatic carbocycles. The lowest BCUT2D eigenvalue weighted by Crippen LogP contribution is -2.20. The van der Waals surface area contributed by atoms with E-state index in [1.54, 1.807) is 21.2 Å². The van der Waals surface area contributed by atoms with Gasteiger partial charge in [0.15, 0.2) is 4.96 Å².